The minimum absolute atomic E-state index is 0.0869. The van der Waals surface area contributed by atoms with Gasteiger partial charge in [0.1, 0.15) is 5.56 Å². The second kappa shape index (κ2) is 10.2. The largest absolute Gasteiger partial charge is 0.369 e. The van der Waals surface area contributed by atoms with E-state index in [-0.39, 0.29) is 10.5 Å². The van der Waals surface area contributed by atoms with Crippen LogP contribution in [0.1, 0.15) is 10.4 Å². The molecule has 1 aliphatic rings. The van der Waals surface area contributed by atoms with Gasteiger partial charge >= 0.3 is 0 Å². The summed E-state index contributed by atoms with van der Waals surface area (Å²) in [5.74, 6) is -0.455. The molecule has 0 saturated carbocycles. The lowest BCUT2D eigenvalue weighted by Gasteiger charge is -2.32. The van der Waals surface area contributed by atoms with Gasteiger partial charge in [-0.05, 0) is 13.1 Å². The standard InChI is InChI=1S/C17H24Br2N4O5S/c1-20-7-9-22(10-8-20)17(24)13-11-15(21(5-3-18)6-4-19)16(29(2,27)28)12-14(13)23(25)26/h11-12H,3-10H2,1-2H3. The molecule has 0 aromatic heterocycles. The Morgan fingerprint density at radius 2 is 1.72 bits per heavy atom. The first kappa shape index (κ1) is 24.0. The average Bonchev–Trinajstić information content (AvgIpc) is 2.66. The molecule has 0 N–H and O–H groups in total. The van der Waals surface area contributed by atoms with Crippen LogP contribution < -0.4 is 4.90 Å². The van der Waals surface area contributed by atoms with Crippen LogP contribution in [-0.2, 0) is 9.84 Å². The van der Waals surface area contributed by atoms with Crippen molar-refractivity contribution in [3.05, 3.63) is 27.8 Å². The Bertz CT molecular complexity index is 867. The number of anilines is 1. The number of benzene rings is 1. The highest BCUT2D eigenvalue weighted by Crippen LogP contribution is 2.34. The van der Waals surface area contributed by atoms with Crippen molar-refractivity contribution < 1.29 is 18.1 Å². The maximum absolute atomic E-state index is 13.1. The lowest BCUT2D eigenvalue weighted by molar-refractivity contribution is -0.385. The highest BCUT2D eigenvalue weighted by molar-refractivity contribution is 9.09. The molecule has 0 spiro atoms. The zero-order valence-electron chi connectivity index (χ0n) is 16.3. The number of sulfone groups is 1. The molecular weight excluding hydrogens is 532 g/mol. The lowest BCUT2D eigenvalue weighted by Crippen LogP contribution is -2.47. The van der Waals surface area contributed by atoms with E-state index < -0.39 is 26.4 Å². The summed E-state index contributed by atoms with van der Waals surface area (Å²) in [6, 6.07) is 2.38. The van der Waals surface area contributed by atoms with Crippen molar-refractivity contribution >= 4 is 59.0 Å². The van der Waals surface area contributed by atoms with Gasteiger partial charge in [-0.2, -0.15) is 0 Å². The fourth-order valence-electron chi connectivity index (χ4n) is 3.16. The number of nitro groups is 1. The third kappa shape index (κ3) is 5.89. The quantitative estimate of drug-likeness (QED) is 0.274. The minimum atomic E-state index is -3.75. The van der Waals surface area contributed by atoms with Gasteiger partial charge in [-0.3, -0.25) is 14.9 Å². The Kier molecular flexibility index (Phi) is 8.44. The van der Waals surface area contributed by atoms with Crippen molar-refractivity contribution in [2.75, 3.05) is 68.1 Å². The summed E-state index contributed by atoms with van der Waals surface area (Å²) in [6.07, 6.45) is 1.01. The fraction of sp³-hybridized carbons (Fsp3) is 0.588. The van der Waals surface area contributed by atoms with Gasteiger partial charge in [0.2, 0.25) is 0 Å². The molecule has 0 radical (unpaired) electrons. The number of hydrogen-bond donors (Lipinski definition) is 0. The molecule has 9 nitrogen and oxygen atoms in total. The smallest absolute Gasteiger partial charge is 0.283 e. The summed E-state index contributed by atoms with van der Waals surface area (Å²) in [4.78, 5) is 29.4. The van der Waals surface area contributed by atoms with E-state index >= 15 is 0 Å². The van der Waals surface area contributed by atoms with Crippen LogP contribution in [-0.4, -0.2) is 92.3 Å². The molecular formula is C17H24Br2N4O5S. The zero-order chi connectivity index (χ0) is 21.8. The van der Waals surface area contributed by atoms with Crippen molar-refractivity contribution in [3.63, 3.8) is 0 Å². The molecule has 0 unspecified atom stereocenters. The maximum Gasteiger partial charge on any atom is 0.283 e. The van der Waals surface area contributed by atoms with E-state index in [9.17, 15) is 23.3 Å². The number of nitro benzene ring substituents is 1. The van der Waals surface area contributed by atoms with E-state index in [0.717, 1.165) is 12.3 Å². The van der Waals surface area contributed by atoms with Crippen molar-refractivity contribution in [2.45, 2.75) is 4.90 Å². The predicted molar refractivity (Wildman–Crippen MR) is 119 cm³/mol. The van der Waals surface area contributed by atoms with Gasteiger partial charge in [-0.15, -0.1) is 0 Å². The van der Waals surface area contributed by atoms with Crippen LogP contribution in [0.2, 0.25) is 0 Å². The molecule has 29 heavy (non-hydrogen) atoms. The van der Waals surface area contributed by atoms with Gasteiger partial charge in [-0.25, -0.2) is 8.42 Å². The maximum atomic E-state index is 13.1. The van der Waals surface area contributed by atoms with Crippen molar-refractivity contribution in [2.24, 2.45) is 0 Å². The summed E-state index contributed by atoms with van der Waals surface area (Å²) in [5.41, 5.74) is -0.277. The van der Waals surface area contributed by atoms with E-state index in [2.05, 4.69) is 36.8 Å². The molecule has 0 aliphatic carbocycles. The van der Waals surface area contributed by atoms with Crippen LogP contribution in [0, 0.1) is 10.1 Å². The van der Waals surface area contributed by atoms with Gasteiger partial charge in [-0.1, -0.05) is 31.9 Å². The number of nitrogens with zero attached hydrogens (tertiary/aromatic N) is 4. The monoisotopic (exact) mass is 554 g/mol. The van der Waals surface area contributed by atoms with E-state index in [0.29, 0.717) is 55.6 Å². The summed E-state index contributed by atoms with van der Waals surface area (Å²) in [7, 11) is -1.81. The van der Waals surface area contributed by atoms with Crippen LogP contribution >= 0.6 is 31.9 Å². The Morgan fingerprint density at radius 3 is 2.17 bits per heavy atom. The minimum Gasteiger partial charge on any atom is -0.369 e. The molecule has 1 amide bonds. The number of rotatable bonds is 8. The van der Waals surface area contributed by atoms with Crippen LogP contribution in [0.25, 0.3) is 0 Å². The molecule has 1 saturated heterocycles. The molecule has 162 valence electrons. The molecule has 1 aromatic rings. The number of amides is 1. The SMILES string of the molecule is CN1CCN(C(=O)c2cc(N(CCBr)CCBr)c(S(C)(=O)=O)cc2[N+](=O)[O-])CC1. The number of piperazine rings is 1. The molecule has 1 heterocycles. The second-order valence-corrected chi connectivity index (χ2v) is 10.4. The first-order valence-electron chi connectivity index (χ1n) is 8.97. The zero-order valence-corrected chi connectivity index (χ0v) is 20.3. The van der Waals surface area contributed by atoms with Gasteiger partial charge in [0, 0.05) is 62.3 Å². The number of halogens is 2. The number of carbonyl (C=O) groups excluding carboxylic acids is 1. The molecule has 1 aromatic carbocycles. The predicted octanol–water partition coefficient (Wildman–Crippen LogP) is 1.98. The van der Waals surface area contributed by atoms with Gasteiger partial charge in [0.15, 0.2) is 9.84 Å². The highest BCUT2D eigenvalue weighted by Gasteiger charge is 2.31. The third-order valence-corrected chi connectivity index (χ3v) is 6.58. The van der Waals surface area contributed by atoms with Crippen LogP contribution in [0.5, 0.6) is 0 Å². The summed E-state index contributed by atoms with van der Waals surface area (Å²) >= 11 is 6.70. The Morgan fingerprint density at radius 1 is 1.17 bits per heavy atom. The molecule has 0 atom stereocenters. The lowest BCUT2D eigenvalue weighted by atomic mass is 10.1. The number of carbonyl (C=O) groups is 1. The number of likely N-dealkylation sites (N-methyl/N-ethyl adjacent to an activating group) is 1. The van der Waals surface area contributed by atoms with Crippen molar-refractivity contribution in [1.82, 2.24) is 9.80 Å². The third-order valence-electron chi connectivity index (χ3n) is 4.74. The first-order valence-corrected chi connectivity index (χ1v) is 13.1. The van der Waals surface area contributed by atoms with Crippen molar-refractivity contribution in [3.8, 4) is 0 Å². The van der Waals surface area contributed by atoms with Gasteiger partial charge in [0.25, 0.3) is 11.6 Å². The van der Waals surface area contributed by atoms with E-state index in [4.69, 9.17) is 0 Å². The highest BCUT2D eigenvalue weighted by atomic mass is 79.9. The van der Waals surface area contributed by atoms with Gasteiger partial charge < -0.3 is 14.7 Å². The Labute approximate surface area is 187 Å². The number of hydrogen-bond acceptors (Lipinski definition) is 7. The topological polar surface area (TPSA) is 104 Å². The molecule has 1 fully saturated rings. The fourth-order valence-corrected chi connectivity index (χ4v) is 4.91. The van der Waals surface area contributed by atoms with E-state index in [1.807, 2.05) is 7.05 Å². The normalized spacial score (nSPS) is 15.4. The Balaban J connectivity index is 2.64. The van der Waals surface area contributed by atoms with Crippen LogP contribution in [0.15, 0.2) is 17.0 Å². The summed E-state index contributed by atoms with van der Waals surface area (Å²) in [5, 5.41) is 12.8. The summed E-state index contributed by atoms with van der Waals surface area (Å²) in [6.45, 7) is 3.23. The molecule has 2 rings (SSSR count). The average molecular weight is 556 g/mol. The first-order chi connectivity index (χ1) is 13.6. The van der Waals surface area contributed by atoms with Gasteiger partial charge in [0.05, 0.1) is 15.5 Å². The van der Waals surface area contributed by atoms with Crippen LogP contribution in [0.4, 0.5) is 11.4 Å². The van der Waals surface area contributed by atoms with Crippen LogP contribution in [0.3, 0.4) is 0 Å². The molecule has 1 aliphatic heterocycles. The summed E-state index contributed by atoms with van der Waals surface area (Å²) < 4.78 is 24.8. The van der Waals surface area contributed by atoms with E-state index in [1.165, 1.54) is 6.07 Å². The number of alkyl halides is 2. The Hall–Kier alpha value is -1.24. The second-order valence-electron chi connectivity index (χ2n) is 6.83. The van der Waals surface area contributed by atoms with Crippen molar-refractivity contribution in [1.29, 1.82) is 0 Å². The molecule has 0 bridgehead atoms. The van der Waals surface area contributed by atoms with E-state index in [1.54, 1.807) is 9.80 Å². The molecule has 12 heteroatoms.